The predicted molar refractivity (Wildman–Crippen MR) is 58.3 cm³/mol. The summed E-state index contributed by atoms with van der Waals surface area (Å²) < 4.78 is 0. The van der Waals surface area contributed by atoms with Gasteiger partial charge < -0.3 is 10.2 Å². The molecule has 0 heterocycles. The molecule has 1 rings (SSSR count). The van der Waals surface area contributed by atoms with Gasteiger partial charge in [0.15, 0.2) is 0 Å². The Labute approximate surface area is 93.5 Å². The number of hydrogen-bond donors (Lipinski definition) is 2. The molecule has 0 amide bonds. The molecule has 0 spiro atoms. The Hall–Kier alpha value is -1.84. The topological polar surface area (TPSA) is 74.6 Å². The summed E-state index contributed by atoms with van der Waals surface area (Å²) >= 11 is 0. The summed E-state index contributed by atoms with van der Waals surface area (Å²) in [5.41, 5.74) is 0.723. The van der Waals surface area contributed by atoms with E-state index < -0.39 is 17.9 Å². The van der Waals surface area contributed by atoms with Gasteiger partial charge in [-0.3, -0.25) is 9.59 Å². The van der Waals surface area contributed by atoms with Gasteiger partial charge in [-0.05, 0) is 18.4 Å². The van der Waals surface area contributed by atoms with Crippen molar-refractivity contribution in [2.45, 2.75) is 25.2 Å². The standard InChI is InChI=1S/C12H14O4/c13-11(14)8-4-7-10(12(15)16)9-5-2-1-3-6-9/h1-3,5-6,10H,4,7-8H2,(H,13,14)(H,15,16)/t10-/m0/s1. The van der Waals surface area contributed by atoms with Crippen LogP contribution in [0.4, 0.5) is 0 Å². The number of carboxylic acids is 2. The van der Waals surface area contributed by atoms with Crippen LogP contribution >= 0.6 is 0 Å². The molecule has 0 unspecified atom stereocenters. The molecule has 0 aliphatic rings. The number of aliphatic carboxylic acids is 2. The van der Waals surface area contributed by atoms with Gasteiger partial charge in [-0.15, -0.1) is 0 Å². The summed E-state index contributed by atoms with van der Waals surface area (Å²) in [6.07, 6.45) is 0.740. The molecule has 0 aliphatic carbocycles. The molecule has 0 radical (unpaired) electrons. The van der Waals surface area contributed by atoms with E-state index in [4.69, 9.17) is 10.2 Å². The molecule has 0 aliphatic heterocycles. The number of carboxylic acid groups (broad SMARTS) is 2. The molecule has 1 aromatic carbocycles. The quantitative estimate of drug-likeness (QED) is 0.773. The monoisotopic (exact) mass is 222 g/mol. The summed E-state index contributed by atoms with van der Waals surface area (Å²) in [5.74, 6) is -2.41. The highest BCUT2D eigenvalue weighted by Crippen LogP contribution is 2.22. The van der Waals surface area contributed by atoms with E-state index in [1.807, 2.05) is 6.07 Å². The third-order valence-electron chi connectivity index (χ3n) is 2.38. The average molecular weight is 222 g/mol. The van der Waals surface area contributed by atoms with Crippen molar-refractivity contribution >= 4 is 11.9 Å². The lowest BCUT2D eigenvalue weighted by molar-refractivity contribution is -0.140. The zero-order chi connectivity index (χ0) is 12.0. The van der Waals surface area contributed by atoms with Gasteiger partial charge in [0.05, 0.1) is 5.92 Å². The van der Waals surface area contributed by atoms with Gasteiger partial charge >= 0.3 is 11.9 Å². The Morgan fingerprint density at radius 2 is 1.75 bits per heavy atom. The minimum Gasteiger partial charge on any atom is -0.481 e. The third-order valence-corrected chi connectivity index (χ3v) is 2.38. The second-order valence-electron chi connectivity index (χ2n) is 3.59. The number of hydrogen-bond acceptors (Lipinski definition) is 2. The minimum absolute atomic E-state index is 0.0105. The lowest BCUT2D eigenvalue weighted by Crippen LogP contribution is -2.12. The maximum absolute atomic E-state index is 11.0. The van der Waals surface area contributed by atoms with Gasteiger partial charge in [0.25, 0.3) is 0 Å². The Morgan fingerprint density at radius 1 is 1.12 bits per heavy atom. The molecule has 16 heavy (non-hydrogen) atoms. The third kappa shape index (κ3) is 3.73. The minimum atomic E-state index is -0.906. The van der Waals surface area contributed by atoms with Crippen molar-refractivity contribution in [2.24, 2.45) is 0 Å². The molecular formula is C12H14O4. The van der Waals surface area contributed by atoms with E-state index >= 15 is 0 Å². The van der Waals surface area contributed by atoms with E-state index in [9.17, 15) is 9.59 Å². The molecule has 1 atom stereocenters. The number of carbonyl (C=O) groups is 2. The Bertz CT molecular complexity index is 359. The highest BCUT2D eigenvalue weighted by atomic mass is 16.4. The second-order valence-corrected chi connectivity index (χ2v) is 3.59. The number of benzene rings is 1. The van der Waals surface area contributed by atoms with E-state index in [-0.39, 0.29) is 6.42 Å². The maximum atomic E-state index is 11.0. The van der Waals surface area contributed by atoms with Gasteiger partial charge in [0.1, 0.15) is 0 Å². The smallest absolute Gasteiger partial charge is 0.310 e. The number of rotatable bonds is 6. The van der Waals surface area contributed by atoms with Crippen molar-refractivity contribution in [3.8, 4) is 0 Å². The van der Waals surface area contributed by atoms with Crippen molar-refractivity contribution in [1.29, 1.82) is 0 Å². The van der Waals surface area contributed by atoms with E-state index in [1.54, 1.807) is 24.3 Å². The zero-order valence-corrected chi connectivity index (χ0v) is 8.80. The molecule has 0 fully saturated rings. The Kier molecular flexibility index (Phi) is 4.51. The zero-order valence-electron chi connectivity index (χ0n) is 8.80. The van der Waals surface area contributed by atoms with Crippen LogP contribution in [0, 0.1) is 0 Å². The Morgan fingerprint density at radius 3 is 2.25 bits per heavy atom. The normalized spacial score (nSPS) is 12.0. The van der Waals surface area contributed by atoms with Crippen LogP contribution in [0.15, 0.2) is 30.3 Å². The van der Waals surface area contributed by atoms with E-state index in [0.29, 0.717) is 12.8 Å². The predicted octanol–water partition coefficient (Wildman–Crippen LogP) is 2.11. The second kappa shape index (κ2) is 5.90. The van der Waals surface area contributed by atoms with Crippen LogP contribution in [-0.2, 0) is 9.59 Å². The maximum Gasteiger partial charge on any atom is 0.310 e. The molecule has 1 aromatic rings. The Balaban J connectivity index is 2.62. The summed E-state index contributed by atoms with van der Waals surface area (Å²) in [5, 5.41) is 17.5. The highest BCUT2D eigenvalue weighted by molar-refractivity contribution is 5.76. The molecule has 0 saturated heterocycles. The van der Waals surface area contributed by atoms with E-state index in [0.717, 1.165) is 5.56 Å². The van der Waals surface area contributed by atoms with Crippen LogP contribution in [0.2, 0.25) is 0 Å². The van der Waals surface area contributed by atoms with E-state index in [1.165, 1.54) is 0 Å². The first-order valence-electron chi connectivity index (χ1n) is 5.11. The van der Waals surface area contributed by atoms with Gasteiger partial charge in [-0.1, -0.05) is 30.3 Å². The molecule has 0 saturated carbocycles. The first kappa shape index (κ1) is 12.2. The lowest BCUT2D eigenvalue weighted by atomic mass is 9.94. The van der Waals surface area contributed by atoms with Crippen molar-refractivity contribution in [3.05, 3.63) is 35.9 Å². The van der Waals surface area contributed by atoms with Gasteiger partial charge in [-0.2, -0.15) is 0 Å². The van der Waals surface area contributed by atoms with E-state index in [2.05, 4.69) is 0 Å². The molecule has 4 heteroatoms. The lowest BCUT2D eigenvalue weighted by Gasteiger charge is -2.11. The molecule has 2 N–H and O–H groups in total. The van der Waals surface area contributed by atoms with Crippen LogP contribution in [0.3, 0.4) is 0 Å². The van der Waals surface area contributed by atoms with Crippen molar-refractivity contribution < 1.29 is 19.8 Å². The summed E-state index contributed by atoms with van der Waals surface area (Å²) in [4.78, 5) is 21.4. The molecular weight excluding hydrogens is 208 g/mol. The molecule has 0 bridgehead atoms. The van der Waals surface area contributed by atoms with Crippen LogP contribution < -0.4 is 0 Å². The van der Waals surface area contributed by atoms with Crippen molar-refractivity contribution in [3.63, 3.8) is 0 Å². The van der Waals surface area contributed by atoms with Gasteiger partial charge in [0.2, 0.25) is 0 Å². The van der Waals surface area contributed by atoms with Gasteiger partial charge in [-0.25, -0.2) is 0 Å². The van der Waals surface area contributed by atoms with Crippen molar-refractivity contribution in [2.75, 3.05) is 0 Å². The molecule has 4 nitrogen and oxygen atoms in total. The van der Waals surface area contributed by atoms with Crippen molar-refractivity contribution in [1.82, 2.24) is 0 Å². The fraction of sp³-hybridized carbons (Fsp3) is 0.333. The van der Waals surface area contributed by atoms with Crippen LogP contribution in [0.5, 0.6) is 0 Å². The SMILES string of the molecule is O=C(O)CCC[C@H](C(=O)O)c1ccccc1. The fourth-order valence-corrected chi connectivity index (χ4v) is 1.58. The molecule has 0 aromatic heterocycles. The summed E-state index contributed by atoms with van der Waals surface area (Å²) in [6.45, 7) is 0. The first-order chi connectivity index (χ1) is 7.61. The van der Waals surface area contributed by atoms with Gasteiger partial charge in [0, 0.05) is 6.42 Å². The summed E-state index contributed by atoms with van der Waals surface area (Å²) in [7, 11) is 0. The van der Waals surface area contributed by atoms with Crippen LogP contribution in [0.25, 0.3) is 0 Å². The summed E-state index contributed by atoms with van der Waals surface area (Å²) in [6, 6.07) is 8.88. The molecule has 86 valence electrons. The van der Waals surface area contributed by atoms with Crippen LogP contribution in [-0.4, -0.2) is 22.2 Å². The largest absolute Gasteiger partial charge is 0.481 e. The van der Waals surface area contributed by atoms with Crippen LogP contribution in [0.1, 0.15) is 30.7 Å². The average Bonchev–Trinajstić information content (AvgIpc) is 2.25. The first-order valence-corrected chi connectivity index (χ1v) is 5.11. The highest BCUT2D eigenvalue weighted by Gasteiger charge is 2.19. The fourth-order valence-electron chi connectivity index (χ4n) is 1.58.